The largest absolute Gasteiger partial charge is 0.330 e. The monoisotopic (exact) mass is 552 g/mol. The second kappa shape index (κ2) is 9.97. The first kappa shape index (κ1) is 27.2. The summed E-state index contributed by atoms with van der Waals surface area (Å²) in [4.78, 5) is 46.8. The van der Waals surface area contributed by atoms with Crippen molar-refractivity contribution < 1.29 is 27.6 Å². The summed E-state index contributed by atoms with van der Waals surface area (Å²) in [5.74, 6) is -2.51. The van der Waals surface area contributed by atoms with Crippen molar-refractivity contribution in [3.8, 4) is 6.07 Å². The minimum Gasteiger partial charge on any atom is -0.330 e. The molecule has 2 aliphatic rings. The molecule has 0 aliphatic carbocycles. The maximum Gasteiger partial charge on any atom is 0.281 e. The molecule has 0 saturated carbocycles. The molecule has 9 nitrogen and oxygen atoms in total. The Balaban J connectivity index is 1.46. The molecule has 0 radical (unpaired) electrons. The van der Waals surface area contributed by atoms with Crippen LogP contribution in [0.5, 0.6) is 0 Å². The number of fused-ring (bicyclic) bond motifs is 3. The standard InChI is InChI=1S/C28H27F3N6O3/c1-15(2)8-22(35(3)25(38)16-9-19(29)24-33-21(23(30)31)13-36(24)12-16)26(39)37-14-28(10-17(37)11-32)18-6-4-5-7-20(18)34-27(28)40/h4-7,9,12-13,15,17,22-23H,8,10,14H2,1-3H3,(H,34,40)/t17?,22-,28-/m0/s1. The first-order chi connectivity index (χ1) is 19.0. The number of imidazole rings is 1. The van der Waals surface area contributed by atoms with E-state index < -0.39 is 47.2 Å². The van der Waals surface area contributed by atoms with Gasteiger partial charge in [0.1, 0.15) is 17.8 Å². The lowest BCUT2D eigenvalue weighted by Crippen LogP contribution is -2.52. The van der Waals surface area contributed by atoms with Crippen LogP contribution in [0.1, 0.15) is 54.7 Å². The number of likely N-dealkylation sites (tertiary alicyclic amines) is 1. The zero-order chi connectivity index (χ0) is 28.9. The number of anilines is 1. The zero-order valence-electron chi connectivity index (χ0n) is 22.1. The molecule has 4 heterocycles. The number of halogens is 3. The number of carbonyl (C=O) groups is 3. The number of pyridine rings is 1. The molecular weight excluding hydrogens is 525 g/mol. The topological polar surface area (TPSA) is 111 Å². The van der Waals surface area contributed by atoms with Crippen molar-refractivity contribution in [2.24, 2.45) is 5.92 Å². The Bertz CT molecular complexity index is 1560. The Kier molecular flexibility index (Phi) is 6.77. The van der Waals surface area contributed by atoms with E-state index in [1.165, 1.54) is 23.0 Å². The number of amides is 3. The van der Waals surface area contributed by atoms with Gasteiger partial charge in [0.15, 0.2) is 11.5 Å². The summed E-state index contributed by atoms with van der Waals surface area (Å²) < 4.78 is 42.0. The molecule has 5 rings (SSSR count). The summed E-state index contributed by atoms with van der Waals surface area (Å²) in [6.45, 7) is 3.71. The number of aromatic nitrogens is 2. The van der Waals surface area contributed by atoms with Gasteiger partial charge in [0.2, 0.25) is 11.8 Å². The molecule has 1 unspecified atom stereocenters. The van der Waals surface area contributed by atoms with Crippen LogP contribution in [0.3, 0.4) is 0 Å². The summed E-state index contributed by atoms with van der Waals surface area (Å²) in [5.41, 5.74) is -0.878. The van der Waals surface area contributed by atoms with Crippen LogP contribution in [0.2, 0.25) is 0 Å². The lowest BCUT2D eigenvalue weighted by atomic mass is 9.80. The fourth-order valence-corrected chi connectivity index (χ4v) is 5.69. The fourth-order valence-electron chi connectivity index (χ4n) is 5.69. The van der Waals surface area contributed by atoms with Gasteiger partial charge in [-0.05, 0) is 30.0 Å². The summed E-state index contributed by atoms with van der Waals surface area (Å²) in [6.07, 6.45) is -0.437. The molecule has 208 valence electrons. The van der Waals surface area contributed by atoms with Crippen LogP contribution in [-0.4, -0.2) is 62.6 Å². The number of carbonyl (C=O) groups excluding carboxylic acids is 3. The SMILES string of the molecule is CC(C)C[C@@H](C(=O)N1C[C@]2(CC1C#N)C(=O)Nc1ccccc12)N(C)C(=O)c1cc(F)c2nc(C(F)F)cn2c1. The summed E-state index contributed by atoms with van der Waals surface area (Å²) in [6, 6.07) is 8.25. The number of para-hydroxylation sites is 1. The van der Waals surface area contributed by atoms with Crippen molar-refractivity contribution in [3.63, 3.8) is 0 Å². The number of nitrogens with zero attached hydrogens (tertiary/aromatic N) is 5. The normalized spacial score (nSPS) is 20.7. The van der Waals surface area contributed by atoms with Crippen molar-refractivity contribution >= 4 is 29.1 Å². The highest BCUT2D eigenvalue weighted by Gasteiger charge is 2.56. The van der Waals surface area contributed by atoms with Gasteiger partial charge in [0, 0.05) is 38.1 Å². The second-order valence-electron chi connectivity index (χ2n) is 10.7. The molecule has 1 fully saturated rings. The number of likely N-dealkylation sites (N-methyl/N-ethyl adjacent to an activating group) is 1. The minimum atomic E-state index is -2.92. The molecule has 1 spiro atoms. The van der Waals surface area contributed by atoms with Crippen LogP contribution in [0.15, 0.2) is 42.7 Å². The predicted molar refractivity (Wildman–Crippen MR) is 138 cm³/mol. The van der Waals surface area contributed by atoms with E-state index in [-0.39, 0.29) is 42.4 Å². The second-order valence-corrected chi connectivity index (χ2v) is 10.7. The predicted octanol–water partition coefficient (Wildman–Crippen LogP) is 3.91. The van der Waals surface area contributed by atoms with Crippen molar-refractivity contribution in [2.45, 2.75) is 50.6 Å². The Morgan fingerprint density at radius 1 is 1.27 bits per heavy atom. The number of hydrogen-bond acceptors (Lipinski definition) is 5. The molecular formula is C28H27F3N6O3. The molecule has 2 aromatic heterocycles. The third kappa shape index (κ3) is 4.35. The molecule has 0 bridgehead atoms. The van der Waals surface area contributed by atoms with Crippen LogP contribution in [0.4, 0.5) is 18.9 Å². The summed E-state index contributed by atoms with van der Waals surface area (Å²) >= 11 is 0. The number of nitriles is 1. The number of hydrogen-bond donors (Lipinski definition) is 1. The molecule has 40 heavy (non-hydrogen) atoms. The van der Waals surface area contributed by atoms with Gasteiger partial charge in [-0.3, -0.25) is 14.4 Å². The van der Waals surface area contributed by atoms with Crippen LogP contribution in [0.25, 0.3) is 5.65 Å². The fraction of sp³-hybridized carbons (Fsp3) is 0.393. The van der Waals surface area contributed by atoms with Crippen LogP contribution < -0.4 is 5.32 Å². The number of alkyl halides is 2. The van der Waals surface area contributed by atoms with E-state index in [0.717, 1.165) is 16.7 Å². The lowest BCUT2D eigenvalue weighted by molar-refractivity contribution is -0.136. The Morgan fingerprint density at radius 2 is 2.00 bits per heavy atom. The van der Waals surface area contributed by atoms with E-state index in [4.69, 9.17) is 0 Å². The number of benzene rings is 1. The molecule has 3 atom stereocenters. The molecule has 1 N–H and O–H groups in total. The molecule has 1 aromatic carbocycles. The molecule has 3 amide bonds. The van der Waals surface area contributed by atoms with E-state index in [2.05, 4.69) is 16.4 Å². The van der Waals surface area contributed by atoms with Crippen molar-refractivity contribution in [1.29, 1.82) is 5.26 Å². The van der Waals surface area contributed by atoms with Crippen molar-refractivity contribution in [3.05, 3.63) is 65.4 Å². The van der Waals surface area contributed by atoms with Crippen LogP contribution in [-0.2, 0) is 15.0 Å². The van der Waals surface area contributed by atoms with Gasteiger partial charge in [-0.1, -0.05) is 32.0 Å². The maximum atomic E-state index is 14.7. The molecule has 2 aliphatic heterocycles. The van der Waals surface area contributed by atoms with Gasteiger partial charge in [0.25, 0.3) is 12.3 Å². The molecule has 1 saturated heterocycles. The average molecular weight is 553 g/mol. The van der Waals surface area contributed by atoms with E-state index in [1.54, 1.807) is 24.3 Å². The number of nitrogens with one attached hydrogen (secondary N) is 1. The first-order valence-corrected chi connectivity index (χ1v) is 12.8. The Labute approximate surface area is 228 Å². The van der Waals surface area contributed by atoms with Gasteiger partial charge in [-0.2, -0.15) is 5.26 Å². The van der Waals surface area contributed by atoms with E-state index in [1.807, 2.05) is 13.8 Å². The lowest BCUT2D eigenvalue weighted by Gasteiger charge is -2.33. The quantitative estimate of drug-likeness (QED) is 0.499. The minimum absolute atomic E-state index is 0.0322. The van der Waals surface area contributed by atoms with Gasteiger partial charge >= 0.3 is 0 Å². The van der Waals surface area contributed by atoms with E-state index in [0.29, 0.717) is 11.3 Å². The van der Waals surface area contributed by atoms with Crippen LogP contribution >= 0.6 is 0 Å². The van der Waals surface area contributed by atoms with Gasteiger partial charge in [0.05, 0.1) is 17.0 Å². The molecule has 3 aromatic rings. The smallest absolute Gasteiger partial charge is 0.281 e. The van der Waals surface area contributed by atoms with Crippen molar-refractivity contribution in [2.75, 3.05) is 18.9 Å². The van der Waals surface area contributed by atoms with Crippen molar-refractivity contribution in [1.82, 2.24) is 19.2 Å². The number of rotatable bonds is 6. The van der Waals surface area contributed by atoms with E-state index in [9.17, 15) is 32.8 Å². The zero-order valence-corrected chi connectivity index (χ0v) is 22.1. The van der Waals surface area contributed by atoms with E-state index >= 15 is 0 Å². The highest BCUT2D eigenvalue weighted by Crippen LogP contribution is 2.46. The third-order valence-electron chi connectivity index (χ3n) is 7.68. The highest BCUT2D eigenvalue weighted by atomic mass is 19.3. The third-order valence-corrected chi connectivity index (χ3v) is 7.68. The maximum absolute atomic E-state index is 14.7. The first-order valence-electron chi connectivity index (χ1n) is 12.8. The molecule has 12 heteroatoms. The van der Waals surface area contributed by atoms with Gasteiger partial charge < -0.3 is 19.5 Å². The van der Waals surface area contributed by atoms with Gasteiger partial charge in [-0.25, -0.2) is 18.2 Å². The highest BCUT2D eigenvalue weighted by molar-refractivity contribution is 6.07. The van der Waals surface area contributed by atoms with Crippen LogP contribution in [0, 0.1) is 23.1 Å². The average Bonchev–Trinajstić information content (AvgIpc) is 3.61. The Morgan fingerprint density at radius 3 is 2.67 bits per heavy atom. The summed E-state index contributed by atoms with van der Waals surface area (Å²) in [7, 11) is 1.40. The summed E-state index contributed by atoms with van der Waals surface area (Å²) in [5, 5.41) is 12.8. The van der Waals surface area contributed by atoms with Gasteiger partial charge in [-0.15, -0.1) is 0 Å². The Hall–Kier alpha value is -4.40.